The molecule has 120 valence electrons. The summed E-state index contributed by atoms with van der Waals surface area (Å²) in [7, 11) is -4.53. The van der Waals surface area contributed by atoms with Gasteiger partial charge in [0.1, 0.15) is 10.1 Å². The number of anilines is 1. The fraction of sp³-hybridized carbons (Fsp3) is 0.571. The minimum atomic E-state index is -4.53. The second-order valence-corrected chi connectivity index (χ2v) is 6.36. The maximum atomic E-state index is 11.1. The molecule has 0 saturated carbocycles. The summed E-state index contributed by atoms with van der Waals surface area (Å²) in [6.45, 7) is 4.18. The van der Waals surface area contributed by atoms with E-state index in [9.17, 15) is 23.2 Å². The third-order valence-electron chi connectivity index (χ3n) is 3.28. The summed E-state index contributed by atoms with van der Waals surface area (Å²) in [6, 6.07) is 5.63. The molecule has 0 fully saturated rings. The van der Waals surface area contributed by atoms with Crippen LogP contribution in [0.1, 0.15) is 26.7 Å². The first-order valence-electron chi connectivity index (χ1n) is 6.95. The molecule has 0 aliphatic heterocycles. The van der Waals surface area contributed by atoms with Crippen LogP contribution in [-0.2, 0) is 10.1 Å². The first-order valence-corrected chi connectivity index (χ1v) is 8.35. The molecule has 0 heterocycles. The van der Waals surface area contributed by atoms with E-state index < -0.39 is 22.3 Å². The molecule has 8 heteroatoms. The molecule has 1 aromatic rings. The van der Waals surface area contributed by atoms with Gasteiger partial charge < -0.3 is 19.7 Å². The minimum Gasteiger partial charge on any atom is -0.744 e. The Kier molecular flexibility index (Phi) is 10.6. The van der Waals surface area contributed by atoms with Gasteiger partial charge in [0.25, 0.3) is 0 Å². The smallest absolute Gasteiger partial charge is 0.744 e. The van der Waals surface area contributed by atoms with Crippen LogP contribution in [0.2, 0.25) is 0 Å². The van der Waals surface area contributed by atoms with Gasteiger partial charge in [0, 0.05) is 18.8 Å². The Morgan fingerprint density at radius 2 is 1.64 bits per heavy atom. The second-order valence-electron chi connectivity index (χ2n) is 4.98. The van der Waals surface area contributed by atoms with Crippen molar-refractivity contribution in [2.45, 2.75) is 43.8 Å². The van der Waals surface area contributed by atoms with E-state index in [2.05, 4.69) is 0 Å². The zero-order valence-corrected chi connectivity index (χ0v) is 17.2. The van der Waals surface area contributed by atoms with Crippen LogP contribution in [0.25, 0.3) is 0 Å². The Morgan fingerprint density at radius 1 is 1.14 bits per heavy atom. The van der Waals surface area contributed by atoms with Crippen molar-refractivity contribution in [2.75, 3.05) is 18.0 Å². The fourth-order valence-electron chi connectivity index (χ4n) is 1.89. The number of benzene rings is 1. The van der Waals surface area contributed by atoms with Gasteiger partial charge in [-0.15, -0.1) is 0 Å². The fourth-order valence-corrected chi connectivity index (χ4v) is 2.40. The van der Waals surface area contributed by atoms with Crippen molar-refractivity contribution >= 4 is 15.8 Å². The summed E-state index contributed by atoms with van der Waals surface area (Å²) < 4.78 is 33.3. The predicted molar refractivity (Wildman–Crippen MR) is 79.2 cm³/mol. The topological polar surface area (TPSA) is 101 Å². The maximum absolute atomic E-state index is 11.1. The molecule has 0 aromatic heterocycles. The van der Waals surface area contributed by atoms with Crippen molar-refractivity contribution in [1.29, 1.82) is 0 Å². The van der Waals surface area contributed by atoms with Gasteiger partial charge in [-0.3, -0.25) is 0 Å². The molecule has 6 nitrogen and oxygen atoms in total. The van der Waals surface area contributed by atoms with E-state index in [-0.39, 0.29) is 69.4 Å². The van der Waals surface area contributed by atoms with E-state index >= 15 is 0 Å². The summed E-state index contributed by atoms with van der Waals surface area (Å²) in [5.74, 6) is 0. The van der Waals surface area contributed by atoms with Gasteiger partial charge in [0.15, 0.2) is 0 Å². The van der Waals surface area contributed by atoms with Crippen LogP contribution in [0.3, 0.4) is 0 Å². The first-order chi connectivity index (χ1) is 9.77. The molecule has 0 spiro atoms. The molecule has 0 bridgehead atoms. The molecule has 0 aliphatic rings. The number of aliphatic hydroxyl groups is 2. The summed E-state index contributed by atoms with van der Waals surface area (Å²) in [4.78, 5) is 1.37. The first kappa shape index (κ1) is 22.5. The normalized spacial score (nSPS) is 14.0. The molecule has 1 aromatic carbocycles. The van der Waals surface area contributed by atoms with E-state index in [1.165, 1.54) is 18.2 Å². The van der Waals surface area contributed by atoms with Gasteiger partial charge in [-0.05, 0) is 31.0 Å². The van der Waals surface area contributed by atoms with Crippen molar-refractivity contribution in [3.63, 3.8) is 0 Å². The number of hydrogen-bond donors (Lipinski definition) is 2. The third-order valence-corrected chi connectivity index (χ3v) is 4.11. The van der Waals surface area contributed by atoms with Crippen molar-refractivity contribution in [3.05, 3.63) is 24.3 Å². The van der Waals surface area contributed by atoms with Crippen LogP contribution in [-0.4, -0.2) is 48.5 Å². The molecule has 0 amide bonds. The Labute approximate surface area is 174 Å². The number of rotatable bonds is 8. The number of nitrogens with zero attached hydrogens (tertiary/aromatic N) is 1. The predicted octanol–water partition coefficient (Wildman–Crippen LogP) is -2.06. The van der Waals surface area contributed by atoms with Crippen molar-refractivity contribution in [3.8, 4) is 0 Å². The molecule has 0 saturated heterocycles. The van der Waals surface area contributed by atoms with Gasteiger partial charge in [-0.1, -0.05) is 19.9 Å². The Bertz CT molecular complexity index is 540. The van der Waals surface area contributed by atoms with Crippen molar-refractivity contribution < 1.29 is 74.6 Å². The zero-order chi connectivity index (χ0) is 16.0. The van der Waals surface area contributed by atoms with E-state index in [0.29, 0.717) is 18.5 Å². The van der Waals surface area contributed by atoms with Gasteiger partial charge >= 0.3 is 51.4 Å². The Balaban J connectivity index is 0.00000441. The zero-order valence-electron chi connectivity index (χ0n) is 13.3. The molecule has 0 aliphatic carbocycles. The van der Waals surface area contributed by atoms with Crippen LogP contribution in [0, 0.1) is 0 Å². The standard InChI is InChI=1S/C14H23NO5S.K/c1-3-12(16)9-15(10-13(17)4-2)11-6-5-7-14(8-11)21(18,19)20;/h5-8,12-13,16-17H,3-4,9-10H2,1-2H3,(H,18,19,20);/q;+1/p-1. The molecular weight excluding hydrogens is 333 g/mol. The average Bonchev–Trinajstić information content (AvgIpc) is 2.45. The maximum Gasteiger partial charge on any atom is 1.00 e. The van der Waals surface area contributed by atoms with Crippen molar-refractivity contribution in [1.82, 2.24) is 0 Å². The van der Waals surface area contributed by atoms with E-state index in [1.54, 1.807) is 11.0 Å². The van der Waals surface area contributed by atoms with E-state index in [4.69, 9.17) is 0 Å². The van der Waals surface area contributed by atoms with Gasteiger partial charge in [-0.25, -0.2) is 8.42 Å². The van der Waals surface area contributed by atoms with Gasteiger partial charge in [0.05, 0.1) is 17.1 Å². The molecule has 2 unspecified atom stereocenters. The monoisotopic (exact) mass is 355 g/mol. The number of hydrogen-bond acceptors (Lipinski definition) is 6. The Hall–Kier alpha value is 0.486. The van der Waals surface area contributed by atoms with E-state index in [1.807, 2.05) is 13.8 Å². The third kappa shape index (κ3) is 7.37. The summed E-state index contributed by atoms with van der Waals surface area (Å²) in [5, 5.41) is 19.6. The second kappa shape index (κ2) is 10.4. The summed E-state index contributed by atoms with van der Waals surface area (Å²) in [5.41, 5.74) is 0.493. The van der Waals surface area contributed by atoms with E-state index in [0.717, 1.165) is 0 Å². The minimum absolute atomic E-state index is 0. The van der Waals surface area contributed by atoms with Crippen LogP contribution >= 0.6 is 0 Å². The largest absolute Gasteiger partial charge is 1.00 e. The summed E-state index contributed by atoms with van der Waals surface area (Å²) in [6.07, 6.45) is -0.112. The van der Waals surface area contributed by atoms with Crippen LogP contribution in [0.4, 0.5) is 5.69 Å². The number of aliphatic hydroxyl groups excluding tert-OH is 2. The van der Waals surface area contributed by atoms with Crippen LogP contribution in [0.15, 0.2) is 29.2 Å². The molecule has 0 radical (unpaired) electrons. The quantitative estimate of drug-likeness (QED) is 0.411. The van der Waals surface area contributed by atoms with Gasteiger partial charge in [-0.2, -0.15) is 0 Å². The molecule has 22 heavy (non-hydrogen) atoms. The van der Waals surface area contributed by atoms with Crippen LogP contribution < -0.4 is 56.3 Å². The Morgan fingerprint density at radius 3 is 2.05 bits per heavy atom. The van der Waals surface area contributed by atoms with Gasteiger partial charge in [0.2, 0.25) is 0 Å². The van der Waals surface area contributed by atoms with Crippen LogP contribution in [0.5, 0.6) is 0 Å². The van der Waals surface area contributed by atoms with Crippen molar-refractivity contribution in [2.24, 2.45) is 0 Å². The summed E-state index contributed by atoms with van der Waals surface area (Å²) >= 11 is 0. The average molecular weight is 355 g/mol. The SMILES string of the molecule is CCC(O)CN(CC(O)CC)c1cccc(S(=O)(=O)[O-])c1.[K+]. The molecule has 2 atom stereocenters. The molecular formula is C14H22KNO5S. The molecule has 2 N–H and O–H groups in total. The molecule has 1 rings (SSSR count).